The maximum Gasteiger partial charge on any atom is 0.264 e. The van der Waals surface area contributed by atoms with E-state index in [0.29, 0.717) is 11.3 Å². The van der Waals surface area contributed by atoms with Crippen LogP contribution in [0.25, 0.3) is 0 Å². The molecule has 144 valence electrons. The zero-order chi connectivity index (χ0) is 20.3. The quantitative estimate of drug-likeness (QED) is 0.698. The molecule has 28 heavy (non-hydrogen) atoms. The lowest BCUT2D eigenvalue weighted by Gasteiger charge is -2.20. The van der Waals surface area contributed by atoms with Gasteiger partial charge in [0.05, 0.1) is 10.6 Å². The summed E-state index contributed by atoms with van der Waals surface area (Å²) in [5.41, 5.74) is 3.45. The zero-order valence-corrected chi connectivity index (χ0v) is 16.8. The third kappa shape index (κ3) is 4.07. The Morgan fingerprint density at radius 1 is 0.893 bits per heavy atom. The summed E-state index contributed by atoms with van der Waals surface area (Å²) in [6.07, 6.45) is 0. The summed E-state index contributed by atoms with van der Waals surface area (Å²) in [6.45, 7) is 3.81. The lowest BCUT2D eigenvalue weighted by molar-refractivity contribution is 0.102. The van der Waals surface area contributed by atoms with Crippen molar-refractivity contribution in [2.24, 2.45) is 0 Å². The van der Waals surface area contributed by atoms with Gasteiger partial charge in [-0.2, -0.15) is 0 Å². The van der Waals surface area contributed by atoms with Gasteiger partial charge in [-0.05, 0) is 55.8 Å². The lowest BCUT2D eigenvalue weighted by atomic mass is 10.1. The first-order valence-corrected chi connectivity index (χ1v) is 10.3. The largest absolute Gasteiger partial charge is 0.322 e. The third-order valence-electron chi connectivity index (χ3n) is 4.54. The van der Waals surface area contributed by atoms with Crippen molar-refractivity contribution < 1.29 is 13.2 Å². The van der Waals surface area contributed by atoms with Gasteiger partial charge < -0.3 is 5.32 Å². The van der Waals surface area contributed by atoms with E-state index in [-0.39, 0.29) is 10.8 Å². The first-order valence-electron chi connectivity index (χ1n) is 8.82. The smallest absolute Gasteiger partial charge is 0.264 e. The second-order valence-corrected chi connectivity index (χ2v) is 8.57. The van der Waals surface area contributed by atoms with Crippen LogP contribution >= 0.6 is 0 Å². The molecule has 3 aromatic rings. The predicted molar refractivity (Wildman–Crippen MR) is 112 cm³/mol. The minimum atomic E-state index is -3.72. The van der Waals surface area contributed by atoms with Gasteiger partial charge in [0, 0.05) is 18.3 Å². The molecule has 0 bridgehead atoms. The third-order valence-corrected chi connectivity index (χ3v) is 6.34. The number of anilines is 2. The number of benzene rings is 3. The molecule has 1 N–H and O–H groups in total. The van der Waals surface area contributed by atoms with E-state index in [9.17, 15) is 13.2 Å². The van der Waals surface area contributed by atoms with E-state index in [0.717, 1.165) is 16.8 Å². The summed E-state index contributed by atoms with van der Waals surface area (Å²) < 4.78 is 27.0. The molecule has 0 heterocycles. The molecule has 0 radical (unpaired) electrons. The molecule has 0 atom stereocenters. The zero-order valence-electron chi connectivity index (χ0n) is 16.0. The Labute approximate surface area is 165 Å². The van der Waals surface area contributed by atoms with Crippen molar-refractivity contribution in [3.63, 3.8) is 0 Å². The van der Waals surface area contributed by atoms with Crippen LogP contribution in [0.2, 0.25) is 0 Å². The lowest BCUT2D eigenvalue weighted by Crippen LogP contribution is -2.27. The van der Waals surface area contributed by atoms with Crippen molar-refractivity contribution >= 4 is 27.3 Å². The average molecular weight is 394 g/mol. The normalized spacial score (nSPS) is 11.1. The fourth-order valence-corrected chi connectivity index (χ4v) is 3.95. The number of sulfonamides is 1. The fourth-order valence-electron chi connectivity index (χ4n) is 2.76. The van der Waals surface area contributed by atoms with Crippen LogP contribution in [0.1, 0.15) is 21.5 Å². The van der Waals surface area contributed by atoms with Crippen LogP contribution in [0.15, 0.2) is 77.7 Å². The molecule has 0 saturated heterocycles. The maximum absolute atomic E-state index is 12.9. The molecule has 0 aliphatic carbocycles. The first kappa shape index (κ1) is 19.6. The number of nitrogens with zero attached hydrogens (tertiary/aromatic N) is 1. The summed E-state index contributed by atoms with van der Waals surface area (Å²) in [7, 11) is -2.24. The summed E-state index contributed by atoms with van der Waals surface area (Å²) in [5.74, 6) is -0.294. The summed E-state index contributed by atoms with van der Waals surface area (Å²) >= 11 is 0. The van der Waals surface area contributed by atoms with E-state index in [1.54, 1.807) is 48.5 Å². The van der Waals surface area contributed by atoms with Gasteiger partial charge in [0.2, 0.25) is 0 Å². The van der Waals surface area contributed by atoms with E-state index in [1.165, 1.54) is 11.4 Å². The molecule has 3 rings (SSSR count). The Bertz CT molecular complexity index is 1110. The number of para-hydroxylation sites is 1. The number of carbonyl (C=O) groups is 1. The van der Waals surface area contributed by atoms with Gasteiger partial charge in [0.1, 0.15) is 0 Å². The molecule has 5 nitrogen and oxygen atoms in total. The Morgan fingerprint density at radius 3 is 2.25 bits per heavy atom. The van der Waals surface area contributed by atoms with E-state index in [4.69, 9.17) is 0 Å². The van der Waals surface area contributed by atoms with Gasteiger partial charge >= 0.3 is 0 Å². The number of amides is 1. The SMILES string of the molecule is Cc1ccc(S(=O)(=O)N(C)c2cccc(C(=O)Nc3ccccc3C)c2)cc1. The standard InChI is InChI=1S/C22H22N2O3S/c1-16-11-13-20(14-12-16)28(26,27)24(3)19-9-6-8-18(15-19)22(25)23-21-10-5-4-7-17(21)2/h4-15H,1-3H3,(H,23,25). The number of carbonyl (C=O) groups excluding carboxylic acids is 1. The number of hydrogen-bond acceptors (Lipinski definition) is 3. The highest BCUT2D eigenvalue weighted by Crippen LogP contribution is 2.24. The first-order chi connectivity index (χ1) is 13.3. The molecule has 1 amide bonds. The highest BCUT2D eigenvalue weighted by Gasteiger charge is 2.22. The van der Waals surface area contributed by atoms with Crippen LogP contribution in [0.4, 0.5) is 11.4 Å². The van der Waals surface area contributed by atoms with E-state index in [1.807, 2.05) is 38.1 Å². The predicted octanol–water partition coefficient (Wildman–Crippen LogP) is 4.38. The molecule has 0 unspecified atom stereocenters. The van der Waals surface area contributed by atoms with Crippen molar-refractivity contribution in [2.45, 2.75) is 18.7 Å². The van der Waals surface area contributed by atoms with Crippen LogP contribution in [-0.2, 0) is 10.0 Å². The number of nitrogens with one attached hydrogen (secondary N) is 1. The molecular weight excluding hydrogens is 372 g/mol. The molecule has 0 saturated carbocycles. The molecule has 0 fully saturated rings. The van der Waals surface area contributed by atoms with Crippen molar-refractivity contribution in [1.82, 2.24) is 0 Å². The summed E-state index contributed by atoms with van der Waals surface area (Å²) in [5, 5.41) is 2.86. The minimum absolute atomic E-state index is 0.204. The number of aryl methyl sites for hydroxylation is 2. The molecule has 0 aliphatic heterocycles. The number of hydrogen-bond donors (Lipinski definition) is 1. The van der Waals surface area contributed by atoms with Gasteiger partial charge in [-0.15, -0.1) is 0 Å². The molecule has 6 heteroatoms. The Morgan fingerprint density at radius 2 is 1.57 bits per heavy atom. The van der Waals surface area contributed by atoms with Gasteiger partial charge in [0.15, 0.2) is 0 Å². The average Bonchev–Trinajstić information content (AvgIpc) is 2.69. The fraction of sp³-hybridized carbons (Fsp3) is 0.136. The molecular formula is C22H22N2O3S. The van der Waals surface area contributed by atoms with E-state index in [2.05, 4.69) is 5.32 Å². The minimum Gasteiger partial charge on any atom is -0.322 e. The van der Waals surface area contributed by atoms with E-state index >= 15 is 0 Å². The van der Waals surface area contributed by atoms with E-state index < -0.39 is 10.0 Å². The van der Waals surface area contributed by atoms with Gasteiger partial charge in [-0.25, -0.2) is 8.42 Å². The van der Waals surface area contributed by atoms with Crippen LogP contribution in [0.5, 0.6) is 0 Å². The van der Waals surface area contributed by atoms with Crippen LogP contribution < -0.4 is 9.62 Å². The summed E-state index contributed by atoms with van der Waals surface area (Å²) in [4.78, 5) is 12.8. The van der Waals surface area contributed by atoms with Crippen molar-refractivity contribution in [2.75, 3.05) is 16.7 Å². The van der Waals surface area contributed by atoms with Crippen LogP contribution in [0, 0.1) is 13.8 Å². The topological polar surface area (TPSA) is 66.5 Å². The second-order valence-electron chi connectivity index (χ2n) is 6.60. The second kappa shape index (κ2) is 7.86. The van der Waals surface area contributed by atoms with Gasteiger partial charge in [-0.3, -0.25) is 9.10 Å². The summed E-state index contributed by atoms with van der Waals surface area (Å²) in [6, 6.07) is 20.7. The van der Waals surface area contributed by atoms with Crippen LogP contribution in [0.3, 0.4) is 0 Å². The van der Waals surface area contributed by atoms with Crippen molar-refractivity contribution in [1.29, 1.82) is 0 Å². The molecule has 0 aromatic heterocycles. The Hall–Kier alpha value is -3.12. The molecule has 0 spiro atoms. The maximum atomic E-state index is 12.9. The van der Waals surface area contributed by atoms with Gasteiger partial charge in [0.25, 0.3) is 15.9 Å². The molecule has 3 aromatic carbocycles. The van der Waals surface area contributed by atoms with Crippen LogP contribution in [-0.4, -0.2) is 21.4 Å². The van der Waals surface area contributed by atoms with Gasteiger partial charge in [-0.1, -0.05) is 42.0 Å². The number of rotatable bonds is 5. The highest BCUT2D eigenvalue weighted by atomic mass is 32.2. The van der Waals surface area contributed by atoms with Crippen molar-refractivity contribution in [3.8, 4) is 0 Å². The monoisotopic (exact) mass is 394 g/mol. The molecule has 0 aliphatic rings. The Kier molecular flexibility index (Phi) is 5.51. The van der Waals surface area contributed by atoms with Crippen molar-refractivity contribution in [3.05, 3.63) is 89.5 Å². The Balaban J connectivity index is 1.87. The highest BCUT2D eigenvalue weighted by molar-refractivity contribution is 7.92.